The van der Waals surface area contributed by atoms with Crippen molar-refractivity contribution in [2.24, 2.45) is 11.7 Å². The fourth-order valence-corrected chi connectivity index (χ4v) is 2.95. The molecule has 1 aliphatic carbocycles. The van der Waals surface area contributed by atoms with E-state index in [0.717, 1.165) is 23.3 Å². The minimum absolute atomic E-state index is 0.182. The predicted molar refractivity (Wildman–Crippen MR) is 65.2 cm³/mol. The van der Waals surface area contributed by atoms with Gasteiger partial charge in [-0.2, -0.15) is 0 Å². The van der Waals surface area contributed by atoms with Crippen LogP contribution in [0.3, 0.4) is 0 Å². The molecular weight excluding hydrogens is 270 g/mol. The standard InChI is InChI=1S/C11H14BrN3O/c12-7-2-1-4-14-11(7)15-9-8(13)6-3-5-16-10(6)9/h1-2,4,6,8-10H,3,5,13H2,(H,14,15). The van der Waals surface area contributed by atoms with Gasteiger partial charge in [0.1, 0.15) is 5.82 Å². The van der Waals surface area contributed by atoms with E-state index in [1.165, 1.54) is 0 Å². The van der Waals surface area contributed by atoms with Crippen LogP contribution in [0.2, 0.25) is 0 Å². The van der Waals surface area contributed by atoms with Crippen molar-refractivity contribution < 1.29 is 4.74 Å². The smallest absolute Gasteiger partial charge is 0.140 e. The van der Waals surface area contributed by atoms with Crippen molar-refractivity contribution in [1.29, 1.82) is 0 Å². The van der Waals surface area contributed by atoms with Crippen molar-refractivity contribution in [3.8, 4) is 0 Å². The van der Waals surface area contributed by atoms with Crippen LogP contribution in [0.25, 0.3) is 0 Å². The lowest BCUT2D eigenvalue weighted by atomic mass is 9.72. The maximum absolute atomic E-state index is 6.12. The van der Waals surface area contributed by atoms with E-state index in [1.807, 2.05) is 12.1 Å². The number of nitrogens with two attached hydrogens (primary N) is 1. The Morgan fingerprint density at radius 3 is 3.25 bits per heavy atom. The van der Waals surface area contributed by atoms with E-state index < -0.39 is 0 Å². The minimum Gasteiger partial charge on any atom is -0.376 e. The summed E-state index contributed by atoms with van der Waals surface area (Å²) in [6.07, 6.45) is 3.13. The molecule has 0 bridgehead atoms. The molecule has 3 rings (SSSR count). The Hall–Kier alpha value is -0.650. The zero-order valence-corrected chi connectivity index (χ0v) is 10.4. The molecule has 1 aromatic heterocycles. The highest BCUT2D eigenvalue weighted by Crippen LogP contribution is 2.39. The highest BCUT2D eigenvalue weighted by Gasteiger charge is 2.52. The summed E-state index contributed by atoms with van der Waals surface area (Å²) in [6.45, 7) is 0.838. The van der Waals surface area contributed by atoms with Gasteiger partial charge in [0.2, 0.25) is 0 Å². The van der Waals surface area contributed by atoms with E-state index in [2.05, 4.69) is 26.2 Å². The second kappa shape index (κ2) is 3.98. The second-order valence-corrected chi connectivity index (χ2v) is 5.22. The highest BCUT2D eigenvalue weighted by atomic mass is 79.9. The summed E-state index contributed by atoms with van der Waals surface area (Å²) in [7, 11) is 0. The van der Waals surface area contributed by atoms with Gasteiger partial charge >= 0.3 is 0 Å². The first-order valence-electron chi connectivity index (χ1n) is 5.51. The molecule has 0 radical (unpaired) electrons. The average molecular weight is 284 g/mol. The summed E-state index contributed by atoms with van der Waals surface area (Å²) in [5.74, 6) is 1.37. The Morgan fingerprint density at radius 1 is 1.56 bits per heavy atom. The molecule has 1 saturated carbocycles. The van der Waals surface area contributed by atoms with Gasteiger partial charge in [-0.15, -0.1) is 0 Å². The van der Waals surface area contributed by atoms with Crippen LogP contribution in [0.5, 0.6) is 0 Å². The number of nitrogens with one attached hydrogen (secondary N) is 1. The van der Waals surface area contributed by atoms with E-state index in [9.17, 15) is 0 Å². The SMILES string of the molecule is NC1C2CCOC2C1Nc1ncccc1Br. The van der Waals surface area contributed by atoms with E-state index in [4.69, 9.17) is 10.5 Å². The molecule has 1 aliphatic heterocycles. The van der Waals surface area contributed by atoms with Crippen LogP contribution in [-0.4, -0.2) is 29.8 Å². The fourth-order valence-electron chi connectivity index (χ4n) is 2.58. The summed E-state index contributed by atoms with van der Waals surface area (Å²) in [4.78, 5) is 4.28. The number of aromatic nitrogens is 1. The molecule has 4 nitrogen and oxygen atoms in total. The summed E-state index contributed by atoms with van der Waals surface area (Å²) >= 11 is 3.46. The molecule has 0 aromatic carbocycles. The van der Waals surface area contributed by atoms with Crippen LogP contribution in [0, 0.1) is 5.92 Å². The normalized spacial score (nSPS) is 36.6. The maximum Gasteiger partial charge on any atom is 0.140 e. The molecule has 0 amide bonds. The molecule has 2 heterocycles. The van der Waals surface area contributed by atoms with Gasteiger partial charge in [-0.05, 0) is 34.5 Å². The molecule has 3 N–H and O–H groups in total. The van der Waals surface area contributed by atoms with Gasteiger partial charge in [0.25, 0.3) is 0 Å². The van der Waals surface area contributed by atoms with Crippen LogP contribution in [-0.2, 0) is 4.74 Å². The highest BCUT2D eigenvalue weighted by molar-refractivity contribution is 9.10. The Balaban J connectivity index is 1.74. The fraction of sp³-hybridized carbons (Fsp3) is 0.545. The van der Waals surface area contributed by atoms with E-state index in [0.29, 0.717) is 5.92 Å². The van der Waals surface area contributed by atoms with Gasteiger partial charge in [0, 0.05) is 24.8 Å². The Morgan fingerprint density at radius 2 is 2.44 bits per heavy atom. The van der Waals surface area contributed by atoms with E-state index >= 15 is 0 Å². The first kappa shape index (κ1) is 10.5. The molecule has 2 aliphatic rings. The number of hydrogen-bond acceptors (Lipinski definition) is 4. The molecule has 5 heteroatoms. The van der Waals surface area contributed by atoms with Gasteiger partial charge in [0.05, 0.1) is 16.6 Å². The summed E-state index contributed by atoms with van der Waals surface area (Å²) in [5, 5.41) is 3.36. The van der Waals surface area contributed by atoms with Crippen molar-refractivity contribution in [2.45, 2.75) is 24.6 Å². The lowest BCUT2D eigenvalue weighted by molar-refractivity contribution is 0.00521. The number of nitrogens with zero attached hydrogens (tertiary/aromatic N) is 1. The van der Waals surface area contributed by atoms with Gasteiger partial charge in [-0.1, -0.05) is 0 Å². The molecule has 1 aromatic rings. The van der Waals surface area contributed by atoms with Crippen molar-refractivity contribution in [2.75, 3.05) is 11.9 Å². The Bertz CT molecular complexity index is 401. The quantitative estimate of drug-likeness (QED) is 0.861. The van der Waals surface area contributed by atoms with Crippen molar-refractivity contribution in [1.82, 2.24) is 4.98 Å². The Labute approximate surface area is 103 Å². The number of hydrogen-bond donors (Lipinski definition) is 2. The molecule has 16 heavy (non-hydrogen) atoms. The Kier molecular flexibility index (Phi) is 2.61. The topological polar surface area (TPSA) is 60.2 Å². The van der Waals surface area contributed by atoms with Crippen LogP contribution in [0.4, 0.5) is 5.82 Å². The summed E-state index contributed by atoms with van der Waals surface area (Å²) in [6, 6.07) is 4.23. The van der Waals surface area contributed by atoms with Crippen molar-refractivity contribution in [3.63, 3.8) is 0 Å². The lowest BCUT2D eigenvalue weighted by Gasteiger charge is -2.45. The first-order chi connectivity index (χ1) is 7.77. The third kappa shape index (κ3) is 1.54. The number of ether oxygens (including phenoxy) is 1. The first-order valence-corrected chi connectivity index (χ1v) is 6.31. The summed E-state index contributed by atoms with van der Waals surface area (Å²) in [5.41, 5.74) is 6.12. The second-order valence-electron chi connectivity index (χ2n) is 4.37. The van der Waals surface area contributed by atoms with Gasteiger partial charge in [0.15, 0.2) is 0 Å². The summed E-state index contributed by atoms with van der Waals surface area (Å²) < 4.78 is 6.62. The van der Waals surface area contributed by atoms with Gasteiger partial charge in [-0.25, -0.2) is 4.98 Å². The van der Waals surface area contributed by atoms with Crippen molar-refractivity contribution >= 4 is 21.7 Å². The van der Waals surface area contributed by atoms with Crippen LogP contribution < -0.4 is 11.1 Å². The number of anilines is 1. The molecule has 2 fully saturated rings. The third-order valence-corrected chi connectivity index (χ3v) is 4.15. The minimum atomic E-state index is 0.182. The molecule has 0 spiro atoms. The van der Waals surface area contributed by atoms with Crippen LogP contribution in [0.15, 0.2) is 22.8 Å². The van der Waals surface area contributed by atoms with Crippen molar-refractivity contribution in [3.05, 3.63) is 22.8 Å². The number of halogens is 1. The number of rotatable bonds is 2. The molecular formula is C11H14BrN3O. The molecule has 86 valence electrons. The molecule has 1 saturated heterocycles. The zero-order chi connectivity index (χ0) is 11.1. The maximum atomic E-state index is 6.12. The van der Waals surface area contributed by atoms with E-state index in [1.54, 1.807) is 6.20 Å². The van der Waals surface area contributed by atoms with E-state index in [-0.39, 0.29) is 18.2 Å². The largest absolute Gasteiger partial charge is 0.376 e. The predicted octanol–water partition coefficient (Wildman–Crippen LogP) is 1.37. The lowest BCUT2D eigenvalue weighted by Crippen LogP contribution is -2.65. The zero-order valence-electron chi connectivity index (χ0n) is 8.77. The number of fused-ring (bicyclic) bond motifs is 1. The molecule has 4 unspecified atom stereocenters. The third-order valence-electron chi connectivity index (χ3n) is 3.51. The molecule has 4 atom stereocenters. The van der Waals surface area contributed by atoms with Crippen LogP contribution >= 0.6 is 15.9 Å². The average Bonchev–Trinajstić information content (AvgIpc) is 2.72. The monoisotopic (exact) mass is 283 g/mol. The number of pyridine rings is 1. The van der Waals surface area contributed by atoms with Gasteiger partial charge in [-0.3, -0.25) is 0 Å². The van der Waals surface area contributed by atoms with Crippen LogP contribution in [0.1, 0.15) is 6.42 Å². The van der Waals surface area contributed by atoms with Gasteiger partial charge < -0.3 is 15.8 Å².